The lowest BCUT2D eigenvalue weighted by Crippen LogP contribution is -2.20. The third-order valence-electron chi connectivity index (χ3n) is 2.96. The molecule has 2 atom stereocenters. The fraction of sp³-hybridized carbons (Fsp3) is 0.923. The van der Waals surface area contributed by atoms with Crippen LogP contribution in [0.25, 0.3) is 0 Å². The van der Waals surface area contributed by atoms with E-state index in [4.69, 9.17) is 0 Å². The largest absolute Gasteiger partial charge is 0.393 e. The van der Waals surface area contributed by atoms with E-state index in [1.165, 1.54) is 19.3 Å². The molecule has 0 aliphatic rings. The average Bonchev–Trinajstić information content (AvgIpc) is 2.23. The molecule has 0 aromatic heterocycles. The summed E-state index contributed by atoms with van der Waals surface area (Å²) in [6.07, 6.45) is 8.88. The molecule has 0 aliphatic heterocycles. The van der Waals surface area contributed by atoms with Gasteiger partial charge in [-0.05, 0) is 18.8 Å². The lowest BCUT2D eigenvalue weighted by Gasteiger charge is -2.20. The van der Waals surface area contributed by atoms with Crippen LogP contribution in [0, 0.1) is 5.92 Å². The van der Waals surface area contributed by atoms with Gasteiger partial charge in [0.05, 0.1) is 6.10 Å². The summed E-state index contributed by atoms with van der Waals surface area (Å²) in [6, 6.07) is 0. The Labute approximate surface area is 94.1 Å². The van der Waals surface area contributed by atoms with Gasteiger partial charge in [-0.3, -0.25) is 0 Å². The van der Waals surface area contributed by atoms with Gasteiger partial charge in [-0.1, -0.05) is 46.0 Å². The van der Waals surface area contributed by atoms with Crippen molar-refractivity contribution >= 4 is 6.29 Å². The van der Waals surface area contributed by atoms with Crippen molar-refractivity contribution in [3.8, 4) is 0 Å². The Morgan fingerprint density at radius 2 is 1.80 bits per heavy atom. The molecule has 1 N–H and O–H groups in total. The van der Waals surface area contributed by atoms with Gasteiger partial charge in [-0.2, -0.15) is 0 Å². The molecule has 0 heterocycles. The Kier molecular flexibility index (Phi) is 9.91. The molecule has 0 saturated heterocycles. The molecule has 0 amide bonds. The molecular weight excluding hydrogens is 188 g/mol. The minimum atomic E-state index is -0.276. The first-order valence-corrected chi connectivity index (χ1v) is 6.37. The first kappa shape index (κ1) is 14.6. The van der Waals surface area contributed by atoms with Crippen LogP contribution in [0.15, 0.2) is 0 Å². The standard InChI is InChI=1S/C13H26O2/c1-3-5-6-7-9-12(10-11-14)13(15)8-4-2/h11-13,15H,3-10H2,1-2H3/t12-,13+/m0/s1. The third kappa shape index (κ3) is 7.55. The van der Waals surface area contributed by atoms with Gasteiger partial charge in [0.15, 0.2) is 0 Å². The van der Waals surface area contributed by atoms with Gasteiger partial charge in [0.25, 0.3) is 0 Å². The molecule has 90 valence electrons. The van der Waals surface area contributed by atoms with Crippen molar-refractivity contribution in [2.45, 2.75) is 71.3 Å². The quantitative estimate of drug-likeness (QED) is 0.447. The van der Waals surface area contributed by atoms with E-state index in [9.17, 15) is 9.90 Å². The first-order valence-electron chi connectivity index (χ1n) is 6.37. The number of hydrogen-bond donors (Lipinski definition) is 1. The van der Waals surface area contributed by atoms with Crippen molar-refractivity contribution in [3.63, 3.8) is 0 Å². The molecule has 0 aromatic carbocycles. The molecule has 0 radical (unpaired) electrons. The summed E-state index contributed by atoms with van der Waals surface area (Å²) in [5.41, 5.74) is 0. The molecule has 0 bridgehead atoms. The zero-order chi connectivity index (χ0) is 11.5. The highest BCUT2D eigenvalue weighted by Gasteiger charge is 2.17. The lowest BCUT2D eigenvalue weighted by molar-refractivity contribution is -0.109. The number of carbonyl (C=O) groups is 1. The fourth-order valence-electron chi connectivity index (χ4n) is 1.96. The van der Waals surface area contributed by atoms with Gasteiger partial charge in [-0.25, -0.2) is 0 Å². The Hall–Kier alpha value is -0.370. The van der Waals surface area contributed by atoms with Crippen molar-refractivity contribution < 1.29 is 9.90 Å². The maximum Gasteiger partial charge on any atom is 0.120 e. The third-order valence-corrected chi connectivity index (χ3v) is 2.96. The highest BCUT2D eigenvalue weighted by molar-refractivity contribution is 5.49. The Morgan fingerprint density at radius 1 is 1.07 bits per heavy atom. The van der Waals surface area contributed by atoms with E-state index in [-0.39, 0.29) is 12.0 Å². The van der Waals surface area contributed by atoms with E-state index < -0.39 is 0 Å². The smallest absolute Gasteiger partial charge is 0.120 e. The Morgan fingerprint density at radius 3 is 2.33 bits per heavy atom. The van der Waals surface area contributed by atoms with Gasteiger partial charge in [0.2, 0.25) is 0 Å². The predicted molar refractivity (Wildman–Crippen MR) is 63.8 cm³/mol. The average molecular weight is 214 g/mol. The molecule has 2 heteroatoms. The molecule has 0 fully saturated rings. The summed E-state index contributed by atoms with van der Waals surface area (Å²) in [6.45, 7) is 4.26. The maximum atomic E-state index is 10.5. The number of aliphatic hydroxyl groups is 1. The van der Waals surface area contributed by atoms with E-state index in [1.54, 1.807) is 0 Å². The molecular formula is C13H26O2. The SMILES string of the molecule is CCCCCC[C@@H](CC=O)[C@H](O)CCC. The van der Waals surface area contributed by atoms with Crippen LogP contribution in [-0.2, 0) is 4.79 Å². The summed E-state index contributed by atoms with van der Waals surface area (Å²) in [4.78, 5) is 10.5. The minimum absolute atomic E-state index is 0.194. The highest BCUT2D eigenvalue weighted by atomic mass is 16.3. The van der Waals surface area contributed by atoms with Gasteiger partial charge in [-0.15, -0.1) is 0 Å². The normalized spacial score (nSPS) is 14.9. The van der Waals surface area contributed by atoms with E-state index in [0.717, 1.165) is 32.0 Å². The van der Waals surface area contributed by atoms with E-state index in [2.05, 4.69) is 13.8 Å². The van der Waals surface area contributed by atoms with E-state index in [1.807, 2.05) is 0 Å². The summed E-state index contributed by atoms with van der Waals surface area (Å²) >= 11 is 0. The monoisotopic (exact) mass is 214 g/mol. The van der Waals surface area contributed by atoms with Crippen LogP contribution in [0.1, 0.15) is 65.2 Å². The van der Waals surface area contributed by atoms with Gasteiger partial charge in [0.1, 0.15) is 6.29 Å². The van der Waals surface area contributed by atoms with Gasteiger partial charge >= 0.3 is 0 Å². The second-order valence-corrected chi connectivity index (χ2v) is 4.37. The van der Waals surface area contributed by atoms with Gasteiger partial charge < -0.3 is 9.90 Å². The van der Waals surface area contributed by atoms with Crippen molar-refractivity contribution in [2.24, 2.45) is 5.92 Å². The van der Waals surface area contributed by atoms with Crippen LogP contribution in [-0.4, -0.2) is 17.5 Å². The molecule has 0 unspecified atom stereocenters. The molecule has 15 heavy (non-hydrogen) atoms. The second-order valence-electron chi connectivity index (χ2n) is 4.37. The van der Waals surface area contributed by atoms with E-state index in [0.29, 0.717) is 6.42 Å². The Bertz CT molecular complexity index is 145. The number of unbranched alkanes of at least 4 members (excludes halogenated alkanes) is 3. The van der Waals surface area contributed by atoms with Crippen LogP contribution >= 0.6 is 0 Å². The number of hydrogen-bond acceptors (Lipinski definition) is 2. The minimum Gasteiger partial charge on any atom is -0.393 e. The van der Waals surface area contributed by atoms with Crippen molar-refractivity contribution in [1.29, 1.82) is 0 Å². The summed E-state index contributed by atoms with van der Waals surface area (Å²) in [5, 5.41) is 9.84. The zero-order valence-electron chi connectivity index (χ0n) is 10.2. The predicted octanol–water partition coefficient (Wildman–Crippen LogP) is 3.32. The molecule has 0 saturated carbocycles. The van der Waals surface area contributed by atoms with Crippen molar-refractivity contribution in [3.05, 3.63) is 0 Å². The number of carbonyl (C=O) groups excluding carboxylic acids is 1. The highest BCUT2D eigenvalue weighted by Crippen LogP contribution is 2.20. The van der Waals surface area contributed by atoms with Crippen LogP contribution in [0.2, 0.25) is 0 Å². The maximum absolute atomic E-state index is 10.5. The van der Waals surface area contributed by atoms with Crippen molar-refractivity contribution in [1.82, 2.24) is 0 Å². The van der Waals surface area contributed by atoms with Crippen LogP contribution in [0.5, 0.6) is 0 Å². The lowest BCUT2D eigenvalue weighted by atomic mass is 9.90. The summed E-state index contributed by atoms with van der Waals surface area (Å²) in [7, 11) is 0. The number of aldehydes is 1. The first-order chi connectivity index (χ1) is 7.26. The zero-order valence-corrected chi connectivity index (χ0v) is 10.2. The fourth-order valence-corrected chi connectivity index (χ4v) is 1.96. The Balaban J connectivity index is 3.75. The second kappa shape index (κ2) is 10.2. The molecule has 0 spiro atoms. The van der Waals surface area contributed by atoms with Crippen molar-refractivity contribution in [2.75, 3.05) is 0 Å². The van der Waals surface area contributed by atoms with Crippen LogP contribution in [0.3, 0.4) is 0 Å². The van der Waals surface area contributed by atoms with Gasteiger partial charge in [0, 0.05) is 6.42 Å². The molecule has 0 aliphatic carbocycles. The van der Waals surface area contributed by atoms with Crippen LogP contribution < -0.4 is 0 Å². The summed E-state index contributed by atoms with van der Waals surface area (Å²) in [5.74, 6) is 0.194. The van der Waals surface area contributed by atoms with E-state index >= 15 is 0 Å². The van der Waals surface area contributed by atoms with Crippen LogP contribution in [0.4, 0.5) is 0 Å². The number of rotatable bonds is 10. The topological polar surface area (TPSA) is 37.3 Å². The summed E-state index contributed by atoms with van der Waals surface area (Å²) < 4.78 is 0. The molecule has 2 nitrogen and oxygen atoms in total. The molecule has 0 aromatic rings. The number of aliphatic hydroxyl groups excluding tert-OH is 1. The molecule has 0 rings (SSSR count).